The van der Waals surface area contributed by atoms with E-state index >= 15 is 0 Å². The van der Waals surface area contributed by atoms with E-state index < -0.39 is 11.6 Å². The quantitative estimate of drug-likeness (QED) is 0.664. The molecule has 148 valence electrons. The fourth-order valence-electron chi connectivity index (χ4n) is 3.26. The van der Waals surface area contributed by atoms with Gasteiger partial charge in [-0.1, -0.05) is 23.2 Å². The van der Waals surface area contributed by atoms with Crippen LogP contribution in [0.1, 0.15) is 25.7 Å². The Kier molecular flexibility index (Phi) is 6.47. The second-order valence-electron chi connectivity index (χ2n) is 6.90. The second kappa shape index (κ2) is 8.65. The van der Waals surface area contributed by atoms with Crippen molar-refractivity contribution < 1.29 is 9.13 Å². The smallest absolute Gasteiger partial charge is 0.184 e. The predicted molar refractivity (Wildman–Crippen MR) is 107 cm³/mol. The molecule has 1 saturated heterocycles. The lowest BCUT2D eigenvalue weighted by Gasteiger charge is -2.33. The minimum Gasteiger partial charge on any atom is -0.490 e. The van der Waals surface area contributed by atoms with Gasteiger partial charge in [0.25, 0.3) is 0 Å². The molecule has 0 aromatic heterocycles. The van der Waals surface area contributed by atoms with Crippen molar-refractivity contribution in [2.45, 2.75) is 37.6 Å². The molecule has 2 aliphatic rings. The summed E-state index contributed by atoms with van der Waals surface area (Å²) in [6, 6.07) is 5.33. The van der Waals surface area contributed by atoms with Gasteiger partial charge in [0.15, 0.2) is 17.4 Å². The first-order valence-electron chi connectivity index (χ1n) is 8.97. The summed E-state index contributed by atoms with van der Waals surface area (Å²) in [6.45, 7) is 2.77. The topological polar surface area (TPSA) is 88.9 Å². The van der Waals surface area contributed by atoms with Crippen LogP contribution in [0, 0.1) is 0 Å². The van der Waals surface area contributed by atoms with Gasteiger partial charge < -0.3 is 20.7 Å². The van der Waals surface area contributed by atoms with Crippen molar-refractivity contribution in [3.05, 3.63) is 40.3 Å². The van der Waals surface area contributed by atoms with Crippen molar-refractivity contribution in [1.82, 2.24) is 10.2 Å². The summed E-state index contributed by atoms with van der Waals surface area (Å²) in [5.74, 6) is -1.03. The lowest BCUT2D eigenvalue weighted by atomic mass is 10.1. The van der Waals surface area contributed by atoms with Crippen LogP contribution in [-0.2, 0) is 0 Å². The van der Waals surface area contributed by atoms with Gasteiger partial charge in [0.2, 0.25) is 0 Å². The van der Waals surface area contributed by atoms with Gasteiger partial charge in [0.1, 0.15) is 11.9 Å². The number of benzene rings is 1. The van der Waals surface area contributed by atoms with Crippen LogP contribution in [-0.4, -0.2) is 42.3 Å². The Hall–Kier alpha value is -1.54. The Bertz CT molecular complexity index is 736. The van der Waals surface area contributed by atoms with E-state index in [4.69, 9.17) is 39.4 Å². The highest BCUT2D eigenvalue weighted by Gasteiger charge is 2.28. The molecule has 2 heterocycles. The molecule has 1 unspecified atom stereocenters. The minimum absolute atomic E-state index is 0.156. The number of nitrogens with zero attached hydrogens (tertiary/aromatic N) is 2. The third kappa shape index (κ3) is 5.48. The van der Waals surface area contributed by atoms with Crippen LogP contribution in [0.25, 0.3) is 0 Å². The van der Waals surface area contributed by atoms with Crippen molar-refractivity contribution >= 4 is 29.0 Å². The third-order valence-corrected chi connectivity index (χ3v) is 5.51. The normalized spacial score (nSPS) is 24.1. The molecule has 9 heteroatoms. The zero-order valence-corrected chi connectivity index (χ0v) is 16.4. The number of aliphatic imine (C=N–C) groups is 1. The van der Waals surface area contributed by atoms with Gasteiger partial charge >= 0.3 is 0 Å². The van der Waals surface area contributed by atoms with Crippen molar-refractivity contribution in [2.75, 3.05) is 19.6 Å². The number of halogens is 3. The predicted octanol–water partition coefficient (Wildman–Crippen LogP) is 3.00. The SMILES string of the molecule is NC1=NC(N)(CCCN2CCC(Oc3ccc(Cl)c(Cl)c3)CC2)NC=C1F. The average Bonchev–Trinajstić information content (AvgIpc) is 2.63. The highest BCUT2D eigenvalue weighted by molar-refractivity contribution is 6.42. The lowest BCUT2D eigenvalue weighted by molar-refractivity contribution is 0.0981. The summed E-state index contributed by atoms with van der Waals surface area (Å²) < 4.78 is 19.2. The molecule has 27 heavy (non-hydrogen) atoms. The van der Waals surface area contributed by atoms with Crippen molar-refractivity contribution in [3.8, 4) is 5.75 Å². The Labute approximate surface area is 168 Å². The fourth-order valence-corrected chi connectivity index (χ4v) is 3.54. The van der Waals surface area contributed by atoms with Gasteiger partial charge in [-0.3, -0.25) is 5.73 Å². The largest absolute Gasteiger partial charge is 0.490 e. The lowest BCUT2D eigenvalue weighted by Crippen LogP contribution is -2.53. The molecular weight excluding hydrogens is 392 g/mol. The van der Waals surface area contributed by atoms with Crippen LogP contribution in [0.2, 0.25) is 10.0 Å². The van der Waals surface area contributed by atoms with Gasteiger partial charge in [-0.15, -0.1) is 0 Å². The molecule has 0 aliphatic carbocycles. The molecule has 0 spiro atoms. The van der Waals surface area contributed by atoms with Crippen LogP contribution in [0.4, 0.5) is 4.39 Å². The Morgan fingerprint density at radius 3 is 2.70 bits per heavy atom. The van der Waals surface area contributed by atoms with Crippen LogP contribution in [0.15, 0.2) is 35.2 Å². The molecule has 2 aliphatic heterocycles. The maximum atomic E-state index is 13.2. The van der Waals surface area contributed by atoms with Gasteiger partial charge in [0.05, 0.1) is 10.0 Å². The third-order valence-electron chi connectivity index (χ3n) is 4.77. The maximum absolute atomic E-state index is 13.2. The van der Waals surface area contributed by atoms with E-state index in [9.17, 15) is 4.39 Å². The number of ether oxygens (including phenoxy) is 1. The maximum Gasteiger partial charge on any atom is 0.184 e. The summed E-state index contributed by atoms with van der Waals surface area (Å²) in [7, 11) is 0. The standard InChI is InChI=1S/C18H24Cl2FN5O/c19-14-3-2-13(10-15(14)20)27-12-4-8-26(9-5-12)7-1-6-18(23)24-11-16(21)17(22)25-18/h2-3,10-12,24H,1,4-9,23H2,(H2,22,25). The molecule has 5 N–H and O–H groups in total. The number of amidine groups is 1. The molecule has 0 radical (unpaired) electrons. The van der Waals surface area contributed by atoms with E-state index in [2.05, 4.69) is 15.2 Å². The average molecular weight is 416 g/mol. The first kappa shape index (κ1) is 20.2. The van der Waals surface area contributed by atoms with Gasteiger partial charge in [-0.2, -0.15) is 0 Å². The van der Waals surface area contributed by atoms with Crippen molar-refractivity contribution in [1.29, 1.82) is 0 Å². The molecule has 3 rings (SSSR count). The van der Waals surface area contributed by atoms with E-state index in [0.29, 0.717) is 16.5 Å². The molecule has 1 atom stereocenters. The first-order valence-corrected chi connectivity index (χ1v) is 9.72. The van der Waals surface area contributed by atoms with E-state index in [-0.39, 0.29) is 11.9 Å². The number of nitrogens with two attached hydrogens (primary N) is 2. The number of hydrogen-bond donors (Lipinski definition) is 3. The van der Waals surface area contributed by atoms with E-state index in [1.807, 2.05) is 6.07 Å². The number of rotatable bonds is 6. The number of piperidine rings is 1. The molecule has 6 nitrogen and oxygen atoms in total. The second-order valence-corrected chi connectivity index (χ2v) is 7.71. The molecule has 0 bridgehead atoms. The zero-order chi connectivity index (χ0) is 19.4. The number of nitrogens with one attached hydrogen (secondary N) is 1. The van der Waals surface area contributed by atoms with Crippen LogP contribution in [0.5, 0.6) is 5.75 Å². The molecule has 1 aromatic rings. The summed E-state index contributed by atoms with van der Waals surface area (Å²) in [5.41, 5.74) is 11.6. The highest BCUT2D eigenvalue weighted by Crippen LogP contribution is 2.28. The molecule has 1 fully saturated rings. The van der Waals surface area contributed by atoms with Gasteiger partial charge in [-0.05, 0) is 37.9 Å². The minimum atomic E-state index is -1.03. The zero-order valence-electron chi connectivity index (χ0n) is 14.9. The van der Waals surface area contributed by atoms with Gasteiger partial charge in [0, 0.05) is 31.8 Å². The van der Waals surface area contributed by atoms with Crippen molar-refractivity contribution in [3.63, 3.8) is 0 Å². The summed E-state index contributed by atoms with van der Waals surface area (Å²) in [4.78, 5) is 6.37. The first-order chi connectivity index (χ1) is 12.8. The Morgan fingerprint density at radius 1 is 1.30 bits per heavy atom. The summed E-state index contributed by atoms with van der Waals surface area (Å²) in [6.07, 6.45) is 4.60. The Morgan fingerprint density at radius 2 is 2.04 bits per heavy atom. The van der Waals surface area contributed by atoms with Crippen LogP contribution >= 0.6 is 23.2 Å². The van der Waals surface area contributed by atoms with E-state index in [1.54, 1.807) is 12.1 Å². The van der Waals surface area contributed by atoms with Crippen molar-refractivity contribution in [2.24, 2.45) is 16.5 Å². The number of likely N-dealkylation sites (tertiary alicyclic amines) is 1. The Balaban J connectivity index is 1.39. The molecular formula is C18H24Cl2FN5O. The van der Waals surface area contributed by atoms with E-state index in [1.165, 1.54) is 6.20 Å². The van der Waals surface area contributed by atoms with Gasteiger partial charge in [-0.25, -0.2) is 9.38 Å². The van der Waals surface area contributed by atoms with Crippen LogP contribution in [0.3, 0.4) is 0 Å². The summed E-state index contributed by atoms with van der Waals surface area (Å²) in [5, 5.41) is 3.79. The molecule has 0 saturated carbocycles. The number of hydrogen-bond acceptors (Lipinski definition) is 6. The highest BCUT2D eigenvalue weighted by atomic mass is 35.5. The van der Waals surface area contributed by atoms with E-state index in [0.717, 1.165) is 44.6 Å². The molecule has 1 aromatic carbocycles. The molecule has 0 amide bonds. The monoisotopic (exact) mass is 415 g/mol. The van der Waals surface area contributed by atoms with Crippen LogP contribution < -0.4 is 21.5 Å². The fraction of sp³-hybridized carbons (Fsp3) is 0.500. The summed E-state index contributed by atoms with van der Waals surface area (Å²) >= 11 is 12.0.